The van der Waals surface area contributed by atoms with Gasteiger partial charge in [0.1, 0.15) is 5.82 Å². The van der Waals surface area contributed by atoms with E-state index >= 15 is 0 Å². The molecule has 1 atom stereocenters. The first kappa shape index (κ1) is 19.1. The van der Waals surface area contributed by atoms with Crippen LogP contribution in [0.4, 0.5) is 17.5 Å². The number of nitriles is 1. The molecule has 0 spiro atoms. The van der Waals surface area contributed by atoms with Crippen molar-refractivity contribution in [1.82, 2.24) is 15.3 Å². The maximum Gasteiger partial charge on any atom is 0.229 e. The zero-order valence-corrected chi connectivity index (χ0v) is 16.4. The van der Waals surface area contributed by atoms with Crippen LogP contribution >= 0.6 is 0 Å². The molecule has 2 N–H and O–H groups in total. The fraction of sp³-hybridized carbons (Fsp3) is 0.476. The van der Waals surface area contributed by atoms with E-state index in [1.165, 1.54) is 0 Å². The summed E-state index contributed by atoms with van der Waals surface area (Å²) in [7, 11) is 0. The van der Waals surface area contributed by atoms with Gasteiger partial charge < -0.3 is 15.5 Å². The molecule has 1 aliphatic heterocycles. The van der Waals surface area contributed by atoms with Gasteiger partial charge in [0.2, 0.25) is 5.95 Å². The van der Waals surface area contributed by atoms with E-state index in [2.05, 4.69) is 53.4 Å². The summed E-state index contributed by atoms with van der Waals surface area (Å²) in [4.78, 5) is 11.8. The summed E-state index contributed by atoms with van der Waals surface area (Å²) >= 11 is 0. The molecule has 0 bridgehead atoms. The lowest BCUT2D eigenvalue weighted by atomic mass is 10.2. The second-order valence-electron chi connectivity index (χ2n) is 7.36. The summed E-state index contributed by atoms with van der Waals surface area (Å²) in [5.74, 6) is 1.56. The first-order valence-electron chi connectivity index (χ1n) is 9.73. The van der Waals surface area contributed by atoms with Crippen LogP contribution in [0.3, 0.4) is 0 Å². The molecule has 1 saturated heterocycles. The molecule has 1 aliphatic rings. The van der Waals surface area contributed by atoms with Crippen molar-refractivity contribution in [1.29, 1.82) is 5.26 Å². The van der Waals surface area contributed by atoms with Crippen molar-refractivity contribution in [3.05, 3.63) is 41.6 Å². The molecule has 1 unspecified atom stereocenters. The average molecular weight is 364 g/mol. The van der Waals surface area contributed by atoms with Gasteiger partial charge in [0.05, 0.1) is 11.6 Å². The Morgan fingerprint density at radius 2 is 2.15 bits per heavy atom. The molecule has 3 rings (SSSR count). The van der Waals surface area contributed by atoms with Crippen LogP contribution in [-0.2, 0) is 6.42 Å². The molecular weight excluding hydrogens is 336 g/mol. The van der Waals surface area contributed by atoms with Crippen LogP contribution in [0, 0.1) is 11.3 Å². The van der Waals surface area contributed by atoms with Gasteiger partial charge in [-0.2, -0.15) is 10.2 Å². The Morgan fingerprint density at radius 3 is 2.89 bits per heavy atom. The van der Waals surface area contributed by atoms with Gasteiger partial charge in [-0.25, -0.2) is 4.98 Å². The monoisotopic (exact) mass is 364 g/mol. The minimum absolute atomic E-state index is 0.487. The van der Waals surface area contributed by atoms with Gasteiger partial charge >= 0.3 is 0 Å². The van der Waals surface area contributed by atoms with Gasteiger partial charge in [0, 0.05) is 42.6 Å². The van der Waals surface area contributed by atoms with Crippen molar-refractivity contribution < 1.29 is 0 Å². The molecule has 0 aliphatic carbocycles. The van der Waals surface area contributed by atoms with Gasteiger partial charge in [0.15, 0.2) is 0 Å². The van der Waals surface area contributed by atoms with Crippen LogP contribution in [0.2, 0.25) is 0 Å². The molecule has 0 saturated carbocycles. The van der Waals surface area contributed by atoms with Crippen LogP contribution in [0.15, 0.2) is 30.3 Å². The lowest BCUT2D eigenvalue weighted by Crippen LogP contribution is -2.37. The maximum absolute atomic E-state index is 9.10. The number of anilines is 3. The van der Waals surface area contributed by atoms with Crippen LogP contribution in [-0.4, -0.2) is 35.1 Å². The molecular formula is C21H28N6. The first-order chi connectivity index (χ1) is 13.1. The quantitative estimate of drug-likeness (QED) is 0.781. The molecule has 2 heterocycles. The van der Waals surface area contributed by atoms with Gasteiger partial charge in [-0.1, -0.05) is 33.3 Å². The average Bonchev–Trinajstić information content (AvgIpc) is 3.10. The van der Waals surface area contributed by atoms with E-state index in [9.17, 15) is 0 Å². The van der Waals surface area contributed by atoms with Crippen molar-refractivity contribution in [2.24, 2.45) is 0 Å². The number of aromatic nitrogens is 2. The van der Waals surface area contributed by atoms with E-state index in [0.29, 0.717) is 23.6 Å². The van der Waals surface area contributed by atoms with Gasteiger partial charge in [-0.05, 0) is 31.0 Å². The molecule has 27 heavy (non-hydrogen) atoms. The predicted molar refractivity (Wildman–Crippen MR) is 109 cm³/mol. The Balaban J connectivity index is 1.81. The minimum Gasteiger partial charge on any atom is -0.355 e. The molecule has 2 aromatic rings. The summed E-state index contributed by atoms with van der Waals surface area (Å²) in [6.07, 6.45) is 3.08. The normalized spacial score (nSPS) is 16.6. The van der Waals surface area contributed by atoms with E-state index in [1.807, 2.05) is 18.2 Å². The number of hydrogen-bond donors (Lipinski definition) is 2. The molecule has 0 radical (unpaired) electrons. The summed E-state index contributed by atoms with van der Waals surface area (Å²) < 4.78 is 0. The highest BCUT2D eigenvalue weighted by Gasteiger charge is 2.24. The second kappa shape index (κ2) is 8.83. The topological polar surface area (TPSA) is 76.9 Å². The highest BCUT2D eigenvalue weighted by Crippen LogP contribution is 2.23. The summed E-state index contributed by atoms with van der Waals surface area (Å²) in [6.45, 7) is 8.48. The third-order valence-electron chi connectivity index (χ3n) is 4.60. The number of aryl methyl sites for hydroxylation is 1. The van der Waals surface area contributed by atoms with Crippen LogP contribution in [0.25, 0.3) is 0 Å². The molecule has 6 heteroatoms. The van der Waals surface area contributed by atoms with Gasteiger partial charge in [0.25, 0.3) is 0 Å². The summed E-state index contributed by atoms with van der Waals surface area (Å²) in [5.41, 5.74) is 2.49. The number of rotatable bonds is 7. The standard InChI is InChI=1S/C21H28N6/c1-4-6-17-12-20(27-10-9-19(14-27)23-15(2)3)26-21(24-17)25-18-8-5-7-16(11-18)13-22/h5,7-8,11-12,15,19,23H,4,6,9-10,14H2,1-3H3,(H,24,25,26). The third kappa shape index (κ3) is 5.18. The Kier molecular flexibility index (Phi) is 6.25. The number of nitrogens with one attached hydrogen (secondary N) is 2. The fourth-order valence-corrected chi connectivity index (χ4v) is 3.46. The van der Waals surface area contributed by atoms with Crippen molar-refractivity contribution in [2.75, 3.05) is 23.3 Å². The van der Waals surface area contributed by atoms with Crippen molar-refractivity contribution in [3.8, 4) is 6.07 Å². The molecule has 142 valence electrons. The molecule has 0 amide bonds. The molecule has 1 fully saturated rings. The zero-order chi connectivity index (χ0) is 19.2. The summed E-state index contributed by atoms with van der Waals surface area (Å²) in [5, 5.41) is 16.0. The van der Waals surface area contributed by atoms with Crippen LogP contribution in [0.5, 0.6) is 0 Å². The molecule has 1 aromatic carbocycles. The smallest absolute Gasteiger partial charge is 0.229 e. The Labute approximate surface area is 161 Å². The highest BCUT2D eigenvalue weighted by atomic mass is 15.3. The van der Waals surface area contributed by atoms with Crippen molar-refractivity contribution in [3.63, 3.8) is 0 Å². The SMILES string of the molecule is CCCc1cc(N2CCC(NC(C)C)C2)nc(Nc2cccc(C#N)c2)n1. The highest BCUT2D eigenvalue weighted by molar-refractivity contribution is 5.58. The number of hydrogen-bond acceptors (Lipinski definition) is 6. The fourth-order valence-electron chi connectivity index (χ4n) is 3.46. The lowest BCUT2D eigenvalue weighted by molar-refractivity contribution is 0.492. The van der Waals surface area contributed by atoms with E-state index in [-0.39, 0.29) is 0 Å². The minimum atomic E-state index is 0.487. The maximum atomic E-state index is 9.10. The van der Waals surface area contributed by atoms with Gasteiger partial charge in [-0.15, -0.1) is 0 Å². The van der Waals surface area contributed by atoms with E-state index in [1.54, 1.807) is 6.07 Å². The zero-order valence-electron chi connectivity index (χ0n) is 16.4. The van der Waals surface area contributed by atoms with Crippen molar-refractivity contribution >= 4 is 17.5 Å². The van der Waals surface area contributed by atoms with Gasteiger partial charge in [-0.3, -0.25) is 0 Å². The Hall–Kier alpha value is -2.65. The lowest BCUT2D eigenvalue weighted by Gasteiger charge is -2.20. The third-order valence-corrected chi connectivity index (χ3v) is 4.60. The molecule has 6 nitrogen and oxygen atoms in total. The second-order valence-corrected chi connectivity index (χ2v) is 7.36. The van der Waals surface area contributed by atoms with E-state index in [4.69, 9.17) is 10.2 Å². The van der Waals surface area contributed by atoms with E-state index < -0.39 is 0 Å². The van der Waals surface area contributed by atoms with Crippen LogP contribution < -0.4 is 15.5 Å². The predicted octanol–water partition coefficient (Wildman–Crippen LogP) is 3.62. The first-order valence-corrected chi connectivity index (χ1v) is 9.73. The Morgan fingerprint density at radius 1 is 1.30 bits per heavy atom. The van der Waals surface area contributed by atoms with Crippen LogP contribution in [0.1, 0.15) is 44.9 Å². The number of benzene rings is 1. The molecule has 1 aromatic heterocycles. The van der Waals surface area contributed by atoms with Crippen molar-refractivity contribution in [2.45, 2.75) is 52.1 Å². The van der Waals surface area contributed by atoms with E-state index in [0.717, 1.165) is 49.6 Å². The largest absolute Gasteiger partial charge is 0.355 e. The number of nitrogens with zero attached hydrogens (tertiary/aromatic N) is 4. The summed E-state index contributed by atoms with van der Waals surface area (Å²) in [6, 6.07) is 12.6. The Bertz CT molecular complexity index is 811.